The quantitative estimate of drug-likeness (QED) is 0.855. The Morgan fingerprint density at radius 1 is 1.04 bits per heavy atom. The summed E-state index contributed by atoms with van der Waals surface area (Å²) in [5.74, 6) is 6.63. The molecule has 3 rings (SSSR count). The molecule has 1 aromatic carbocycles. The Labute approximate surface area is 140 Å². The van der Waals surface area contributed by atoms with Gasteiger partial charge in [0.15, 0.2) is 5.60 Å². The molecule has 1 atom stereocenters. The molecule has 23 heavy (non-hydrogen) atoms. The smallest absolute Gasteiger partial charge is 0.156 e. The van der Waals surface area contributed by atoms with E-state index in [-0.39, 0.29) is 5.41 Å². The average molecular weight is 311 g/mol. The first-order chi connectivity index (χ1) is 11.1. The first kappa shape index (κ1) is 16.6. The van der Waals surface area contributed by atoms with Crippen LogP contribution >= 0.6 is 0 Å². The molecular formula is C21H29NO. The summed E-state index contributed by atoms with van der Waals surface area (Å²) in [6, 6.07) is 10.1. The molecule has 2 nitrogen and oxygen atoms in total. The highest BCUT2D eigenvalue weighted by Gasteiger charge is 2.48. The zero-order valence-corrected chi connectivity index (χ0v) is 14.4. The maximum atomic E-state index is 11.6. The number of aliphatic hydroxyl groups is 1. The van der Waals surface area contributed by atoms with E-state index in [0.29, 0.717) is 0 Å². The van der Waals surface area contributed by atoms with Crippen LogP contribution in [0.4, 0.5) is 0 Å². The molecule has 2 fully saturated rings. The maximum Gasteiger partial charge on any atom is 0.156 e. The van der Waals surface area contributed by atoms with Gasteiger partial charge in [0.25, 0.3) is 0 Å². The Balaban J connectivity index is 1.84. The summed E-state index contributed by atoms with van der Waals surface area (Å²) in [6.07, 6.45) is 8.40. The highest BCUT2D eigenvalue weighted by atomic mass is 16.3. The van der Waals surface area contributed by atoms with Crippen LogP contribution in [0.2, 0.25) is 0 Å². The zero-order chi connectivity index (χ0) is 16.2. The first-order valence-electron chi connectivity index (χ1n) is 9.14. The van der Waals surface area contributed by atoms with Crippen molar-refractivity contribution in [3.8, 4) is 11.8 Å². The van der Waals surface area contributed by atoms with Gasteiger partial charge in [-0.15, -0.1) is 0 Å². The number of hydrogen-bond acceptors (Lipinski definition) is 2. The third kappa shape index (κ3) is 3.47. The molecule has 2 heteroatoms. The number of rotatable bonds is 3. The molecule has 0 spiro atoms. The maximum absolute atomic E-state index is 11.6. The van der Waals surface area contributed by atoms with Crippen LogP contribution in [0.1, 0.15) is 57.4 Å². The van der Waals surface area contributed by atoms with Crippen LogP contribution in [-0.4, -0.2) is 29.6 Å². The number of nitrogens with zero attached hydrogens (tertiary/aromatic N) is 1. The van der Waals surface area contributed by atoms with Crippen molar-refractivity contribution in [2.45, 2.75) is 57.5 Å². The number of hydrogen-bond donors (Lipinski definition) is 1. The van der Waals surface area contributed by atoms with E-state index in [9.17, 15) is 5.11 Å². The Morgan fingerprint density at radius 2 is 1.70 bits per heavy atom. The SMILES string of the molecule is CC1([C@@](O)(C#CCN2CCCCC2)c2ccccc2)CCCC1. The standard InChI is InChI=1S/C21H29NO/c1-20(13-6-7-14-20)21(23,19-11-4-2-5-12-19)15-10-18-22-16-8-3-9-17-22/h2,4-5,11-12,23H,3,6-9,13-14,16-18H2,1H3/t21-/m1/s1. The minimum Gasteiger partial charge on any atom is -0.373 e. The lowest BCUT2D eigenvalue weighted by atomic mass is 9.68. The monoisotopic (exact) mass is 311 g/mol. The normalized spacial score (nSPS) is 23.7. The van der Waals surface area contributed by atoms with Gasteiger partial charge in [-0.25, -0.2) is 0 Å². The van der Waals surface area contributed by atoms with Crippen LogP contribution < -0.4 is 0 Å². The van der Waals surface area contributed by atoms with Crippen molar-refractivity contribution in [3.63, 3.8) is 0 Å². The lowest BCUT2D eigenvalue weighted by Crippen LogP contribution is -2.41. The third-order valence-corrected chi connectivity index (χ3v) is 5.79. The van der Waals surface area contributed by atoms with Crippen LogP contribution in [-0.2, 0) is 5.60 Å². The molecule has 0 amide bonds. The predicted molar refractivity (Wildman–Crippen MR) is 95.0 cm³/mol. The van der Waals surface area contributed by atoms with E-state index in [4.69, 9.17) is 0 Å². The summed E-state index contributed by atoms with van der Waals surface area (Å²) in [5, 5.41) is 11.6. The molecule has 1 heterocycles. The van der Waals surface area contributed by atoms with Gasteiger partial charge in [0.05, 0.1) is 6.54 Å². The van der Waals surface area contributed by atoms with E-state index < -0.39 is 5.60 Å². The number of likely N-dealkylation sites (tertiary alicyclic amines) is 1. The van der Waals surface area contributed by atoms with E-state index in [1.165, 1.54) is 32.1 Å². The van der Waals surface area contributed by atoms with E-state index in [1.807, 2.05) is 30.3 Å². The summed E-state index contributed by atoms with van der Waals surface area (Å²) in [4.78, 5) is 2.42. The Morgan fingerprint density at radius 3 is 2.35 bits per heavy atom. The van der Waals surface area contributed by atoms with Crippen molar-refractivity contribution < 1.29 is 5.11 Å². The molecule has 1 N–H and O–H groups in total. The predicted octanol–water partition coefficient (Wildman–Crippen LogP) is 3.94. The minimum atomic E-state index is -1.03. The van der Waals surface area contributed by atoms with Gasteiger partial charge < -0.3 is 5.11 Å². The zero-order valence-electron chi connectivity index (χ0n) is 14.4. The molecule has 124 valence electrons. The Bertz CT molecular complexity index is 558. The van der Waals surface area contributed by atoms with Crippen molar-refractivity contribution in [2.75, 3.05) is 19.6 Å². The summed E-state index contributed by atoms with van der Waals surface area (Å²) in [7, 11) is 0. The molecule has 0 aromatic heterocycles. The molecular weight excluding hydrogens is 282 g/mol. The molecule has 0 unspecified atom stereocenters. The van der Waals surface area contributed by atoms with Crippen molar-refractivity contribution in [3.05, 3.63) is 35.9 Å². The van der Waals surface area contributed by atoms with Gasteiger partial charge in [-0.1, -0.05) is 68.4 Å². The average Bonchev–Trinajstić information content (AvgIpc) is 3.05. The number of benzene rings is 1. The molecule has 2 aliphatic rings. The Kier molecular flexibility index (Phi) is 5.09. The summed E-state index contributed by atoms with van der Waals surface area (Å²) < 4.78 is 0. The van der Waals surface area contributed by atoms with Gasteiger partial charge in [-0.05, 0) is 44.3 Å². The molecule has 1 aliphatic carbocycles. The van der Waals surface area contributed by atoms with Crippen LogP contribution in [0.25, 0.3) is 0 Å². The van der Waals surface area contributed by atoms with Gasteiger partial charge in [-0.2, -0.15) is 0 Å². The van der Waals surface area contributed by atoms with Gasteiger partial charge in [-0.3, -0.25) is 4.90 Å². The summed E-state index contributed by atoms with van der Waals surface area (Å²) in [6.45, 7) is 5.29. The Hall–Kier alpha value is -1.30. The summed E-state index contributed by atoms with van der Waals surface area (Å²) in [5.41, 5.74) is -0.209. The van der Waals surface area contributed by atoms with E-state index in [0.717, 1.165) is 38.0 Å². The fourth-order valence-electron chi connectivity index (χ4n) is 4.16. The van der Waals surface area contributed by atoms with Crippen LogP contribution in [0, 0.1) is 17.3 Å². The van der Waals surface area contributed by atoms with Crippen LogP contribution in [0.5, 0.6) is 0 Å². The molecule has 1 saturated carbocycles. The van der Waals surface area contributed by atoms with E-state index in [1.54, 1.807) is 0 Å². The molecule has 0 radical (unpaired) electrons. The lowest BCUT2D eigenvalue weighted by molar-refractivity contribution is -0.0278. The lowest BCUT2D eigenvalue weighted by Gasteiger charge is -2.39. The highest BCUT2D eigenvalue weighted by molar-refractivity contribution is 5.35. The van der Waals surface area contributed by atoms with Gasteiger partial charge >= 0.3 is 0 Å². The van der Waals surface area contributed by atoms with E-state index in [2.05, 4.69) is 23.7 Å². The second-order valence-corrected chi connectivity index (χ2v) is 7.48. The molecule has 1 aromatic rings. The first-order valence-corrected chi connectivity index (χ1v) is 9.14. The van der Waals surface area contributed by atoms with Crippen molar-refractivity contribution in [1.82, 2.24) is 4.90 Å². The van der Waals surface area contributed by atoms with Crippen molar-refractivity contribution in [2.24, 2.45) is 5.41 Å². The topological polar surface area (TPSA) is 23.5 Å². The minimum absolute atomic E-state index is 0.136. The van der Waals surface area contributed by atoms with E-state index >= 15 is 0 Å². The van der Waals surface area contributed by atoms with Crippen molar-refractivity contribution in [1.29, 1.82) is 0 Å². The van der Waals surface area contributed by atoms with Gasteiger partial charge in [0, 0.05) is 5.41 Å². The van der Waals surface area contributed by atoms with Crippen molar-refractivity contribution >= 4 is 0 Å². The third-order valence-electron chi connectivity index (χ3n) is 5.79. The fourth-order valence-corrected chi connectivity index (χ4v) is 4.16. The molecule has 1 saturated heterocycles. The van der Waals surface area contributed by atoms with Gasteiger partial charge in [0.2, 0.25) is 0 Å². The van der Waals surface area contributed by atoms with Gasteiger partial charge in [0.1, 0.15) is 0 Å². The number of piperidine rings is 1. The fraction of sp³-hybridized carbons (Fsp3) is 0.619. The summed E-state index contributed by atoms with van der Waals surface area (Å²) >= 11 is 0. The van der Waals surface area contributed by atoms with Crippen LogP contribution in [0.15, 0.2) is 30.3 Å². The second-order valence-electron chi connectivity index (χ2n) is 7.48. The highest BCUT2D eigenvalue weighted by Crippen LogP contribution is 2.50. The largest absolute Gasteiger partial charge is 0.373 e. The van der Waals surface area contributed by atoms with Crippen LogP contribution in [0.3, 0.4) is 0 Å². The second kappa shape index (κ2) is 7.07. The molecule has 0 bridgehead atoms. The molecule has 1 aliphatic heterocycles.